The molecule has 0 aromatic rings. The number of carbonyl (C=O) groups is 1. The molecule has 1 fully saturated rings. The van der Waals surface area contributed by atoms with E-state index >= 15 is 0 Å². The van der Waals surface area contributed by atoms with Crippen LogP contribution in [0.4, 0.5) is 4.79 Å². The van der Waals surface area contributed by atoms with Gasteiger partial charge in [0.25, 0.3) is 0 Å². The van der Waals surface area contributed by atoms with Gasteiger partial charge in [0.2, 0.25) is 0 Å². The van der Waals surface area contributed by atoms with Crippen LogP contribution >= 0.6 is 0 Å². The maximum atomic E-state index is 10.2. The van der Waals surface area contributed by atoms with Crippen molar-refractivity contribution in [2.75, 3.05) is 26.2 Å². The summed E-state index contributed by atoms with van der Waals surface area (Å²) in [6, 6.07) is 0. The van der Waals surface area contributed by atoms with Gasteiger partial charge in [0.05, 0.1) is 25.8 Å². The first-order chi connectivity index (χ1) is 5.24. The van der Waals surface area contributed by atoms with Crippen LogP contribution in [0.1, 0.15) is 0 Å². The van der Waals surface area contributed by atoms with Gasteiger partial charge in [0.1, 0.15) is 0 Å². The van der Waals surface area contributed by atoms with E-state index in [1.807, 2.05) is 0 Å². The van der Waals surface area contributed by atoms with Gasteiger partial charge in [-0.25, -0.2) is 4.79 Å². The monoisotopic (exact) mass is 160 g/mol. The van der Waals surface area contributed by atoms with Gasteiger partial charge in [-0.15, -0.1) is 0 Å². The number of ether oxygens (including phenoxy) is 1. The molecular weight excluding hydrogens is 148 g/mol. The Morgan fingerprint density at radius 2 is 2.36 bits per heavy atom. The van der Waals surface area contributed by atoms with Crippen molar-refractivity contribution in [2.45, 2.75) is 6.10 Å². The number of rotatable bonds is 3. The predicted octanol–water partition coefficient (Wildman–Crippen LogP) is -0.676. The standard InChI is InChI=1S/C6H12N2O3/c7-1-2-11-5-3-8(4-5)6(9)10/h5H,1-4,7H2,(H,9,10). The van der Waals surface area contributed by atoms with E-state index in [0.717, 1.165) is 0 Å². The van der Waals surface area contributed by atoms with Crippen LogP contribution in [0.2, 0.25) is 0 Å². The smallest absolute Gasteiger partial charge is 0.407 e. The third-order valence-electron chi connectivity index (χ3n) is 1.59. The lowest BCUT2D eigenvalue weighted by Crippen LogP contribution is -2.54. The Morgan fingerprint density at radius 3 is 2.82 bits per heavy atom. The van der Waals surface area contributed by atoms with Gasteiger partial charge in [-0.3, -0.25) is 0 Å². The molecule has 1 aliphatic rings. The molecular formula is C6H12N2O3. The summed E-state index contributed by atoms with van der Waals surface area (Å²) in [5.41, 5.74) is 5.20. The number of likely N-dealkylation sites (tertiary alicyclic amines) is 1. The van der Waals surface area contributed by atoms with Gasteiger partial charge in [-0.2, -0.15) is 0 Å². The predicted molar refractivity (Wildman–Crippen MR) is 38.4 cm³/mol. The maximum Gasteiger partial charge on any atom is 0.407 e. The molecule has 5 heteroatoms. The van der Waals surface area contributed by atoms with Crippen LogP contribution in [0, 0.1) is 0 Å². The van der Waals surface area contributed by atoms with Crippen LogP contribution in [-0.4, -0.2) is 48.4 Å². The molecule has 0 aliphatic carbocycles. The second-order valence-corrected chi connectivity index (χ2v) is 2.47. The van der Waals surface area contributed by atoms with Crippen molar-refractivity contribution in [1.29, 1.82) is 0 Å². The second-order valence-electron chi connectivity index (χ2n) is 2.47. The molecule has 0 bridgehead atoms. The summed E-state index contributed by atoms with van der Waals surface area (Å²) in [6.45, 7) is 1.96. The van der Waals surface area contributed by atoms with Crippen molar-refractivity contribution in [3.05, 3.63) is 0 Å². The summed E-state index contributed by atoms with van der Waals surface area (Å²) in [5, 5.41) is 8.42. The highest BCUT2D eigenvalue weighted by Crippen LogP contribution is 2.10. The topological polar surface area (TPSA) is 75.8 Å². The summed E-state index contributed by atoms with van der Waals surface area (Å²) in [6.07, 6.45) is -0.813. The lowest BCUT2D eigenvalue weighted by atomic mass is 10.2. The molecule has 5 nitrogen and oxygen atoms in total. The summed E-state index contributed by atoms with van der Waals surface area (Å²) in [7, 11) is 0. The lowest BCUT2D eigenvalue weighted by molar-refractivity contribution is -0.0411. The SMILES string of the molecule is NCCOC1CN(C(=O)O)C1. The molecule has 1 saturated heterocycles. The Labute approximate surface area is 64.7 Å². The average molecular weight is 160 g/mol. The molecule has 0 spiro atoms. The van der Waals surface area contributed by atoms with E-state index in [-0.39, 0.29) is 6.10 Å². The molecule has 0 atom stereocenters. The minimum Gasteiger partial charge on any atom is -0.465 e. The second kappa shape index (κ2) is 3.54. The third-order valence-corrected chi connectivity index (χ3v) is 1.59. The normalized spacial score (nSPS) is 18.1. The van der Waals surface area contributed by atoms with E-state index in [1.54, 1.807) is 0 Å². The molecule has 0 radical (unpaired) electrons. The van der Waals surface area contributed by atoms with E-state index in [0.29, 0.717) is 26.2 Å². The fourth-order valence-electron chi connectivity index (χ4n) is 0.934. The first kappa shape index (κ1) is 8.29. The van der Waals surface area contributed by atoms with E-state index in [9.17, 15) is 4.79 Å². The summed E-state index contributed by atoms with van der Waals surface area (Å²) in [4.78, 5) is 11.6. The Hall–Kier alpha value is -0.810. The molecule has 64 valence electrons. The number of nitrogens with zero attached hydrogens (tertiary/aromatic N) is 1. The molecule has 0 aromatic heterocycles. The van der Waals surface area contributed by atoms with E-state index in [2.05, 4.69) is 0 Å². The van der Waals surface area contributed by atoms with E-state index in [1.165, 1.54) is 4.90 Å². The molecule has 0 aromatic carbocycles. The zero-order chi connectivity index (χ0) is 8.27. The van der Waals surface area contributed by atoms with Crippen LogP contribution in [0.3, 0.4) is 0 Å². The number of hydrogen-bond donors (Lipinski definition) is 2. The summed E-state index contributed by atoms with van der Waals surface area (Å²) >= 11 is 0. The number of hydrogen-bond acceptors (Lipinski definition) is 3. The first-order valence-corrected chi connectivity index (χ1v) is 3.53. The lowest BCUT2D eigenvalue weighted by Gasteiger charge is -2.36. The van der Waals surface area contributed by atoms with E-state index < -0.39 is 6.09 Å². The van der Waals surface area contributed by atoms with Gasteiger partial charge in [0, 0.05) is 6.54 Å². The largest absolute Gasteiger partial charge is 0.465 e. The van der Waals surface area contributed by atoms with Crippen molar-refractivity contribution in [3.63, 3.8) is 0 Å². The average Bonchev–Trinajstić information content (AvgIpc) is 1.84. The van der Waals surface area contributed by atoms with Crippen LogP contribution in [-0.2, 0) is 4.74 Å². The maximum absolute atomic E-state index is 10.2. The van der Waals surface area contributed by atoms with Crippen molar-refractivity contribution in [2.24, 2.45) is 5.73 Å². The molecule has 0 unspecified atom stereocenters. The number of amides is 1. The Morgan fingerprint density at radius 1 is 1.73 bits per heavy atom. The van der Waals surface area contributed by atoms with Crippen molar-refractivity contribution < 1.29 is 14.6 Å². The zero-order valence-electron chi connectivity index (χ0n) is 6.19. The molecule has 3 N–H and O–H groups in total. The highest BCUT2D eigenvalue weighted by molar-refractivity contribution is 5.66. The molecule has 11 heavy (non-hydrogen) atoms. The molecule has 1 rings (SSSR count). The van der Waals surface area contributed by atoms with Crippen molar-refractivity contribution in [1.82, 2.24) is 4.90 Å². The number of nitrogens with two attached hydrogens (primary N) is 1. The first-order valence-electron chi connectivity index (χ1n) is 3.53. The van der Waals surface area contributed by atoms with Crippen molar-refractivity contribution in [3.8, 4) is 0 Å². The Bertz CT molecular complexity index is 145. The van der Waals surface area contributed by atoms with Crippen LogP contribution in [0.15, 0.2) is 0 Å². The van der Waals surface area contributed by atoms with E-state index in [4.69, 9.17) is 15.6 Å². The quantitative estimate of drug-likeness (QED) is 0.573. The minimum atomic E-state index is -0.877. The minimum absolute atomic E-state index is 0.0645. The number of carboxylic acid groups (broad SMARTS) is 1. The summed E-state index contributed by atoms with van der Waals surface area (Å²) < 4.78 is 5.18. The zero-order valence-corrected chi connectivity index (χ0v) is 6.19. The molecule has 0 saturated carbocycles. The van der Waals surface area contributed by atoms with Gasteiger partial charge >= 0.3 is 6.09 Å². The molecule has 1 amide bonds. The van der Waals surface area contributed by atoms with Crippen LogP contribution in [0.25, 0.3) is 0 Å². The fraction of sp³-hybridized carbons (Fsp3) is 0.833. The highest BCUT2D eigenvalue weighted by atomic mass is 16.5. The molecule has 1 aliphatic heterocycles. The third kappa shape index (κ3) is 2.06. The Kier molecular flexibility index (Phi) is 2.67. The Balaban J connectivity index is 2.05. The van der Waals surface area contributed by atoms with Gasteiger partial charge < -0.3 is 20.5 Å². The summed E-state index contributed by atoms with van der Waals surface area (Å²) in [5.74, 6) is 0. The van der Waals surface area contributed by atoms with Crippen LogP contribution in [0.5, 0.6) is 0 Å². The highest BCUT2D eigenvalue weighted by Gasteiger charge is 2.30. The van der Waals surface area contributed by atoms with Gasteiger partial charge in [-0.1, -0.05) is 0 Å². The fourth-order valence-corrected chi connectivity index (χ4v) is 0.934. The van der Waals surface area contributed by atoms with Gasteiger partial charge in [-0.05, 0) is 0 Å². The molecule has 1 heterocycles. The van der Waals surface area contributed by atoms with Crippen LogP contribution < -0.4 is 5.73 Å². The van der Waals surface area contributed by atoms with Gasteiger partial charge in [0.15, 0.2) is 0 Å². The van der Waals surface area contributed by atoms with Crippen molar-refractivity contribution >= 4 is 6.09 Å².